The number of rotatable bonds is 11. The summed E-state index contributed by atoms with van der Waals surface area (Å²) in [4.78, 5) is 24.9. The summed E-state index contributed by atoms with van der Waals surface area (Å²) in [6, 6.07) is 28.7. The lowest BCUT2D eigenvalue weighted by atomic mass is 9.97. The van der Waals surface area contributed by atoms with Crippen LogP contribution in [-0.4, -0.2) is 49.8 Å². The molecule has 1 aliphatic rings. The maximum Gasteiger partial charge on any atom is 0.339 e. The first-order valence-corrected chi connectivity index (χ1v) is 12.4. The highest BCUT2D eigenvalue weighted by Crippen LogP contribution is 2.31. The highest BCUT2D eigenvalue weighted by atomic mass is 16.7. The quantitative estimate of drug-likeness (QED) is 0.348. The van der Waals surface area contributed by atoms with E-state index in [9.17, 15) is 9.59 Å². The van der Waals surface area contributed by atoms with Crippen LogP contribution in [0.3, 0.4) is 0 Å². The van der Waals surface area contributed by atoms with E-state index in [-0.39, 0.29) is 19.8 Å². The van der Waals surface area contributed by atoms with Crippen LogP contribution in [0.2, 0.25) is 0 Å². The Hall–Kier alpha value is -3.56. The van der Waals surface area contributed by atoms with Gasteiger partial charge >= 0.3 is 11.9 Å². The number of ether oxygens (including phenoxy) is 6. The summed E-state index contributed by atoms with van der Waals surface area (Å²) in [6.45, 7) is 1.88. The zero-order valence-electron chi connectivity index (χ0n) is 21.4. The van der Waals surface area contributed by atoms with Crippen molar-refractivity contribution in [2.75, 3.05) is 7.11 Å². The Balaban J connectivity index is 1.65. The highest BCUT2D eigenvalue weighted by Gasteiger charge is 2.53. The second-order valence-electron chi connectivity index (χ2n) is 8.84. The zero-order valence-corrected chi connectivity index (χ0v) is 21.4. The summed E-state index contributed by atoms with van der Waals surface area (Å²) in [7, 11) is 1.24. The average Bonchev–Trinajstić information content (AvgIpc) is 2.95. The van der Waals surface area contributed by atoms with E-state index in [2.05, 4.69) is 0 Å². The first-order valence-electron chi connectivity index (χ1n) is 12.4. The first-order chi connectivity index (χ1) is 18.5. The monoisotopic (exact) mass is 520 g/mol. The molecule has 3 aromatic rings. The Morgan fingerprint density at radius 3 is 1.55 bits per heavy atom. The van der Waals surface area contributed by atoms with Gasteiger partial charge in [-0.2, -0.15) is 0 Å². The number of methoxy groups -OCH3 is 1. The fraction of sp³-hybridized carbons (Fsp3) is 0.333. The molecular weight excluding hydrogens is 488 g/mol. The third-order valence-corrected chi connectivity index (χ3v) is 6.06. The third kappa shape index (κ3) is 7.49. The molecule has 0 aromatic heterocycles. The summed E-state index contributed by atoms with van der Waals surface area (Å²) in [6.07, 6.45) is -5.16. The number of esters is 2. The van der Waals surface area contributed by atoms with Crippen molar-refractivity contribution in [2.24, 2.45) is 0 Å². The van der Waals surface area contributed by atoms with Gasteiger partial charge in [0.15, 0.2) is 18.5 Å². The van der Waals surface area contributed by atoms with Gasteiger partial charge in [-0.15, -0.1) is 0 Å². The van der Waals surface area contributed by atoms with Gasteiger partial charge < -0.3 is 28.4 Å². The van der Waals surface area contributed by atoms with Gasteiger partial charge in [0.2, 0.25) is 0 Å². The molecule has 8 heteroatoms. The molecule has 0 aliphatic carbocycles. The van der Waals surface area contributed by atoms with E-state index in [1.54, 1.807) is 0 Å². The van der Waals surface area contributed by atoms with E-state index in [1.165, 1.54) is 14.0 Å². The average molecular weight is 521 g/mol. The summed E-state index contributed by atoms with van der Waals surface area (Å²) in [5.41, 5.74) is 2.74. The lowest BCUT2D eigenvalue weighted by Crippen LogP contribution is -2.63. The molecule has 0 bridgehead atoms. The Morgan fingerprint density at radius 1 is 0.658 bits per heavy atom. The van der Waals surface area contributed by atoms with Crippen LogP contribution >= 0.6 is 0 Å². The third-order valence-electron chi connectivity index (χ3n) is 6.06. The van der Waals surface area contributed by atoms with Crippen molar-refractivity contribution in [1.29, 1.82) is 0 Å². The fourth-order valence-corrected chi connectivity index (χ4v) is 4.22. The fourth-order valence-electron chi connectivity index (χ4n) is 4.22. The SMILES string of the molecule is COC(=O)[C@@H]1O[C@@H](OCc2ccccc2)[C@H](OCc2ccccc2)[C@@H](OCc2ccccc2)[C@H]1OC(C)=O. The van der Waals surface area contributed by atoms with Gasteiger partial charge in [-0.3, -0.25) is 4.79 Å². The van der Waals surface area contributed by atoms with E-state index >= 15 is 0 Å². The van der Waals surface area contributed by atoms with Crippen LogP contribution in [0.5, 0.6) is 0 Å². The number of carbonyl (C=O) groups is 2. The molecule has 1 fully saturated rings. The smallest absolute Gasteiger partial charge is 0.339 e. The zero-order chi connectivity index (χ0) is 26.7. The molecule has 1 heterocycles. The van der Waals surface area contributed by atoms with Gasteiger partial charge in [0.1, 0.15) is 12.2 Å². The molecule has 0 saturated carbocycles. The van der Waals surface area contributed by atoms with E-state index in [4.69, 9.17) is 28.4 Å². The van der Waals surface area contributed by atoms with Crippen LogP contribution in [0, 0.1) is 0 Å². The summed E-state index contributed by atoms with van der Waals surface area (Å²) in [5, 5.41) is 0. The Labute approximate surface area is 222 Å². The number of hydrogen-bond donors (Lipinski definition) is 0. The van der Waals surface area contributed by atoms with Crippen molar-refractivity contribution in [1.82, 2.24) is 0 Å². The van der Waals surface area contributed by atoms with Crippen molar-refractivity contribution in [2.45, 2.75) is 57.5 Å². The van der Waals surface area contributed by atoms with Crippen molar-refractivity contribution in [3.8, 4) is 0 Å². The molecule has 5 atom stereocenters. The minimum absolute atomic E-state index is 0.188. The Bertz CT molecular complexity index is 1140. The van der Waals surface area contributed by atoms with E-state index in [0.29, 0.717) is 0 Å². The largest absolute Gasteiger partial charge is 0.467 e. The maximum absolute atomic E-state index is 12.8. The normalized spacial score (nSPS) is 22.9. The van der Waals surface area contributed by atoms with Crippen LogP contribution in [-0.2, 0) is 57.8 Å². The van der Waals surface area contributed by atoms with E-state index < -0.39 is 42.6 Å². The standard InChI is InChI=1S/C30H32O8/c1-21(31)37-26-25(34-18-22-12-6-3-7-13-22)28(35-19-23-14-8-4-9-15-23)30(38-27(26)29(32)33-2)36-20-24-16-10-5-11-17-24/h3-17,25-28,30H,18-20H2,1-2H3/t25-,26+,27+,28+,30+/m0/s1. The second-order valence-corrected chi connectivity index (χ2v) is 8.84. The van der Waals surface area contributed by atoms with E-state index in [1.807, 2.05) is 91.0 Å². The van der Waals surface area contributed by atoms with Crippen molar-refractivity contribution in [3.05, 3.63) is 108 Å². The molecule has 1 aliphatic heterocycles. The van der Waals surface area contributed by atoms with Crippen molar-refractivity contribution < 1.29 is 38.0 Å². The van der Waals surface area contributed by atoms with Gasteiger partial charge in [-0.1, -0.05) is 91.0 Å². The van der Waals surface area contributed by atoms with Crippen molar-refractivity contribution in [3.63, 3.8) is 0 Å². The number of benzene rings is 3. The molecule has 0 amide bonds. The molecule has 0 unspecified atom stereocenters. The molecule has 1 saturated heterocycles. The van der Waals surface area contributed by atoms with Gasteiger partial charge in [0.25, 0.3) is 0 Å². The number of carbonyl (C=O) groups excluding carboxylic acids is 2. The lowest BCUT2D eigenvalue weighted by Gasteiger charge is -2.44. The summed E-state index contributed by atoms with van der Waals surface area (Å²) in [5.74, 6) is -1.30. The van der Waals surface area contributed by atoms with Crippen LogP contribution < -0.4 is 0 Å². The molecule has 0 spiro atoms. The molecule has 3 aromatic carbocycles. The summed E-state index contributed by atoms with van der Waals surface area (Å²) >= 11 is 0. The van der Waals surface area contributed by atoms with Gasteiger partial charge in [0, 0.05) is 6.92 Å². The molecular formula is C30H32O8. The molecule has 8 nitrogen and oxygen atoms in total. The highest BCUT2D eigenvalue weighted by molar-refractivity contribution is 5.76. The summed E-state index contributed by atoms with van der Waals surface area (Å²) < 4.78 is 35.5. The molecule has 0 N–H and O–H groups in total. The maximum atomic E-state index is 12.8. The van der Waals surface area contributed by atoms with Crippen LogP contribution in [0.25, 0.3) is 0 Å². The van der Waals surface area contributed by atoms with Gasteiger partial charge in [-0.25, -0.2) is 4.79 Å². The van der Waals surface area contributed by atoms with Gasteiger partial charge in [0.05, 0.1) is 26.9 Å². The second kappa shape index (κ2) is 13.8. The predicted molar refractivity (Wildman–Crippen MR) is 137 cm³/mol. The molecule has 38 heavy (non-hydrogen) atoms. The molecule has 0 radical (unpaired) electrons. The van der Waals surface area contributed by atoms with Crippen molar-refractivity contribution >= 4 is 11.9 Å². The molecule has 4 rings (SSSR count). The van der Waals surface area contributed by atoms with Crippen LogP contribution in [0.1, 0.15) is 23.6 Å². The van der Waals surface area contributed by atoms with Crippen LogP contribution in [0.4, 0.5) is 0 Å². The van der Waals surface area contributed by atoms with Crippen LogP contribution in [0.15, 0.2) is 91.0 Å². The van der Waals surface area contributed by atoms with E-state index in [0.717, 1.165) is 16.7 Å². The molecule has 200 valence electrons. The predicted octanol–water partition coefficient (Wildman–Crippen LogP) is 4.20. The number of hydrogen-bond acceptors (Lipinski definition) is 8. The lowest BCUT2D eigenvalue weighted by molar-refractivity contribution is -0.317. The Kier molecular flexibility index (Phi) is 10.0. The topological polar surface area (TPSA) is 89.5 Å². The Morgan fingerprint density at radius 2 is 1.11 bits per heavy atom. The van der Waals surface area contributed by atoms with Gasteiger partial charge in [-0.05, 0) is 16.7 Å². The minimum Gasteiger partial charge on any atom is -0.467 e. The first kappa shape index (κ1) is 27.5. The minimum atomic E-state index is -1.28.